The summed E-state index contributed by atoms with van der Waals surface area (Å²) in [4.78, 5) is 24.2. The van der Waals surface area contributed by atoms with Crippen LogP contribution in [0, 0.1) is 0 Å². The highest BCUT2D eigenvalue weighted by Gasteiger charge is 2.19. The maximum Gasteiger partial charge on any atom is 0.274 e. The summed E-state index contributed by atoms with van der Waals surface area (Å²) >= 11 is 0. The molecule has 0 saturated carbocycles. The van der Waals surface area contributed by atoms with Crippen molar-refractivity contribution < 1.29 is 19.1 Å². The summed E-state index contributed by atoms with van der Waals surface area (Å²) in [6.07, 6.45) is 2.26. The number of unbranched alkanes of at least 4 members (excludes halogenated alkanes) is 1. The molecule has 0 fully saturated rings. The number of nitrogens with zero attached hydrogens (tertiary/aromatic N) is 1. The molecule has 6 nitrogen and oxygen atoms in total. The summed E-state index contributed by atoms with van der Waals surface area (Å²) in [6, 6.07) is 15.4. The lowest BCUT2D eigenvalue weighted by molar-refractivity contribution is -0.129. The second-order valence-electron chi connectivity index (χ2n) is 6.07. The Morgan fingerprint density at radius 2 is 1.77 bits per heavy atom. The van der Waals surface area contributed by atoms with E-state index in [2.05, 4.69) is 0 Å². The van der Waals surface area contributed by atoms with Gasteiger partial charge in [0, 0.05) is 23.8 Å². The molecule has 3 rings (SSSR count). The van der Waals surface area contributed by atoms with Gasteiger partial charge in [0.05, 0.1) is 0 Å². The molecule has 0 aliphatic heterocycles. The van der Waals surface area contributed by atoms with Crippen LogP contribution in [0.1, 0.15) is 35.4 Å². The molecule has 2 amide bonds. The first-order valence-electron chi connectivity index (χ1n) is 8.43. The quantitative estimate of drug-likeness (QED) is 0.307. The molecular formula is C20H20N2O4. The average Bonchev–Trinajstić information content (AvgIpc) is 3.07. The SMILES string of the molecule is NN(C(=O)CCCCc1cc2ccccc2o1)C(=O)c1ccc(O)cc1. The van der Waals surface area contributed by atoms with Gasteiger partial charge in [0.15, 0.2) is 0 Å². The minimum Gasteiger partial charge on any atom is -0.508 e. The number of amides is 2. The van der Waals surface area contributed by atoms with E-state index < -0.39 is 11.8 Å². The number of benzene rings is 2. The van der Waals surface area contributed by atoms with Crippen LogP contribution in [0.5, 0.6) is 5.75 Å². The van der Waals surface area contributed by atoms with Crippen LogP contribution in [-0.2, 0) is 11.2 Å². The Morgan fingerprint density at radius 3 is 2.50 bits per heavy atom. The number of furan rings is 1. The fraction of sp³-hybridized carbons (Fsp3) is 0.200. The molecule has 134 valence electrons. The lowest BCUT2D eigenvalue weighted by Crippen LogP contribution is -2.42. The maximum absolute atomic E-state index is 12.1. The highest BCUT2D eigenvalue weighted by Crippen LogP contribution is 2.20. The van der Waals surface area contributed by atoms with Crippen molar-refractivity contribution in [2.24, 2.45) is 5.84 Å². The molecule has 6 heteroatoms. The zero-order chi connectivity index (χ0) is 18.5. The molecule has 3 aromatic rings. The molecule has 0 unspecified atom stereocenters. The molecule has 0 bridgehead atoms. The number of imide groups is 1. The number of carbonyl (C=O) groups is 2. The summed E-state index contributed by atoms with van der Waals surface area (Å²) < 4.78 is 5.73. The number of hydrazine groups is 1. The smallest absolute Gasteiger partial charge is 0.274 e. The van der Waals surface area contributed by atoms with Crippen molar-refractivity contribution in [2.45, 2.75) is 25.7 Å². The Balaban J connectivity index is 1.47. The zero-order valence-corrected chi connectivity index (χ0v) is 14.2. The van der Waals surface area contributed by atoms with E-state index in [1.54, 1.807) is 0 Å². The molecule has 26 heavy (non-hydrogen) atoms. The molecule has 1 heterocycles. The number of aromatic hydroxyl groups is 1. The van der Waals surface area contributed by atoms with Crippen LogP contribution in [0.3, 0.4) is 0 Å². The van der Waals surface area contributed by atoms with Crippen molar-refractivity contribution in [3.05, 3.63) is 65.9 Å². The van der Waals surface area contributed by atoms with Crippen molar-refractivity contribution in [3.8, 4) is 5.75 Å². The maximum atomic E-state index is 12.1. The molecule has 2 aromatic carbocycles. The molecule has 0 spiro atoms. The molecule has 3 N–H and O–H groups in total. The lowest BCUT2D eigenvalue weighted by atomic mass is 10.1. The summed E-state index contributed by atoms with van der Waals surface area (Å²) in [6.45, 7) is 0. The van der Waals surface area contributed by atoms with Crippen LogP contribution in [0.25, 0.3) is 11.0 Å². The molecule has 1 aromatic heterocycles. The lowest BCUT2D eigenvalue weighted by Gasteiger charge is -2.14. The number of rotatable bonds is 6. The van der Waals surface area contributed by atoms with Crippen LogP contribution < -0.4 is 5.84 Å². The van der Waals surface area contributed by atoms with Crippen molar-refractivity contribution in [2.75, 3.05) is 0 Å². The fourth-order valence-electron chi connectivity index (χ4n) is 2.71. The van der Waals surface area contributed by atoms with E-state index in [9.17, 15) is 14.7 Å². The van der Waals surface area contributed by atoms with E-state index in [-0.39, 0.29) is 17.7 Å². The molecule has 0 saturated heterocycles. The zero-order valence-electron chi connectivity index (χ0n) is 14.2. The number of fused-ring (bicyclic) bond motifs is 1. The number of hydrogen-bond acceptors (Lipinski definition) is 5. The largest absolute Gasteiger partial charge is 0.508 e. The van der Waals surface area contributed by atoms with Gasteiger partial charge in [-0.15, -0.1) is 0 Å². The van der Waals surface area contributed by atoms with Gasteiger partial charge >= 0.3 is 0 Å². The van der Waals surface area contributed by atoms with Crippen LogP contribution in [0.4, 0.5) is 0 Å². The molecule has 0 aliphatic rings. The first-order chi connectivity index (χ1) is 12.5. The second kappa shape index (κ2) is 7.84. The van der Waals surface area contributed by atoms with Gasteiger partial charge in [-0.2, -0.15) is 0 Å². The van der Waals surface area contributed by atoms with E-state index in [1.807, 2.05) is 30.3 Å². The van der Waals surface area contributed by atoms with Gasteiger partial charge in [-0.25, -0.2) is 10.9 Å². The third-order valence-electron chi connectivity index (χ3n) is 4.14. The third-order valence-corrected chi connectivity index (χ3v) is 4.14. The van der Waals surface area contributed by atoms with Gasteiger partial charge in [-0.3, -0.25) is 9.59 Å². The monoisotopic (exact) mass is 352 g/mol. The Labute approximate surface area is 150 Å². The Morgan fingerprint density at radius 1 is 1.04 bits per heavy atom. The Bertz CT molecular complexity index is 882. The average molecular weight is 352 g/mol. The first kappa shape index (κ1) is 17.7. The Hall–Kier alpha value is -3.12. The van der Waals surface area contributed by atoms with Gasteiger partial charge in [-0.1, -0.05) is 18.2 Å². The van der Waals surface area contributed by atoms with Gasteiger partial charge in [0.1, 0.15) is 17.1 Å². The van der Waals surface area contributed by atoms with Crippen molar-refractivity contribution in [1.29, 1.82) is 0 Å². The van der Waals surface area contributed by atoms with Crippen molar-refractivity contribution >= 4 is 22.8 Å². The summed E-state index contributed by atoms with van der Waals surface area (Å²) in [5.41, 5.74) is 1.10. The second-order valence-corrected chi connectivity index (χ2v) is 6.07. The molecule has 0 radical (unpaired) electrons. The van der Waals surface area contributed by atoms with Gasteiger partial charge in [0.25, 0.3) is 5.91 Å². The number of phenols is 1. The number of hydrogen-bond donors (Lipinski definition) is 2. The summed E-state index contributed by atoms with van der Waals surface area (Å²) in [7, 11) is 0. The van der Waals surface area contributed by atoms with E-state index in [4.69, 9.17) is 10.3 Å². The number of phenolic OH excluding ortho intramolecular Hbond substituents is 1. The van der Waals surface area contributed by atoms with Crippen molar-refractivity contribution in [1.82, 2.24) is 5.01 Å². The van der Waals surface area contributed by atoms with E-state index in [0.29, 0.717) is 11.4 Å². The molecule has 0 aliphatic carbocycles. The number of carbonyl (C=O) groups excluding carboxylic acids is 2. The number of nitrogens with two attached hydrogens (primary N) is 1. The highest BCUT2D eigenvalue weighted by molar-refractivity contribution is 6.04. The number of aryl methyl sites for hydroxylation is 1. The fourth-order valence-corrected chi connectivity index (χ4v) is 2.71. The van der Waals surface area contributed by atoms with E-state index in [1.165, 1.54) is 24.3 Å². The highest BCUT2D eigenvalue weighted by atomic mass is 16.3. The Kier molecular flexibility index (Phi) is 5.34. The van der Waals surface area contributed by atoms with Gasteiger partial charge in [0.2, 0.25) is 5.91 Å². The first-order valence-corrected chi connectivity index (χ1v) is 8.43. The van der Waals surface area contributed by atoms with Crippen LogP contribution >= 0.6 is 0 Å². The van der Waals surface area contributed by atoms with Crippen LogP contribution in [0.15, 0.2) is 59.0 Å². The van der Waals surface area contributed by atoms with Crippen LogP contribution in [-0.4, -0.2) is 21.9 Å². The summed E-state index contributed by atoms with van der Waals surface area (Å²) in [5.74, 6) is 5.52. The molecule has 0 atom stereocenters. The van der Waals surface area contributed by atoms with Gasteiger partial charge < -0.3 is 9.52 Å². The minimum atomic E-state index is -0.590. The van der Waals surface area contributed by atoms with Crippen molar-refractivity contribution in [3.63, 3.8) is 0 Å². The molecular weight excluding hydrogens is 332 g/mol. The predicted octanol–water partition coefficient (Wildman–Crippen LogP) is 3.39. The van der Waals surface area contributed by atoms with E-state index in [0.717, 1.165) is 29.6 Å². The van der Waals surface area contributed by atoms with Gasteiger partial charge in [-0.05, 0) is 49.2 Å². The normalized spacial score (nSPS) is 10.8. The third kappa shape index (κ3) is 4.10. The number of para-hydroxylation sites is 1. The standard InChI is InChI=1S/C20H20N2O4/c21-22(20(25)14-9-11-16(23)12-10-14)19(24)8-4-2-6-17-13-15-5-1-3-7-18(15)26-17/h1,3,5,7,9-13,23H,2,4,6,8,21H2. The topological polar surface area (TPSA) is 96.8 Å². The summed E-state index contributed by atoms with van der Waals surface area (Å²) in [5, 5.41) is 10.9. The van der Waals surface area contributed by atoms with Crippen LogP contribution in [0.2, 0.25) is 0 Å². The predicted molar refractivity (Wildman–Crippen MR) is 97.2 cm³/mol. The van der Waals surface area contributed by atoms with E-state index >= 15 is 0 Å². The minimum absolute atomic E-state index is 0.0436.